The molecule has 0 unspecified atom stereocenters. The summed E-state index contributed by atoms with van der Waals surface area (Å²) in [4.78, 5) is 25.6. The molecule has 0 fully saturated rings. The smallest absolute Gasteiger partial charge is 0.251 e. The van der Waals surface area contributed by atoms with E-state index >= 15 is 0 Å². The number of amides is 2. The van der Waals surface area contributed by atoms with Crippen molar-refractivity contribution in [3.63, 3.8) is 0 Å². The standard InChI is InChI=1S/C17H26N2O3/c1-5-19(11-16(20)18-13(2)3)17(21)14(4)22-12-15-9-7-6-8-10-15/h6-10,13-14H,5,11-12H2,1-4H3,(H,18,20)/t14-/m1/s1. The van der Waals surface area contributed by atoms with Gasteiger partial charge < -0.3 is 15.0 Å². The molecule has 0 aromatic heterocycles. The lowest BCUT2D eigenvalue weighted by Gasteiger charge is -2.24. The summed E-state index contributed by atoms with van der Waals surface area (Å²) in [5.74, 6) is -0.321. The lowest BCUT2D eigenvalue weighted by atomic mass is 10.2. The minimum absolute atomic E-state index is 0.0621. The number of nitrogens with one attached hydrogen (secondary N) is 1. The Morgan fingerprint density at radius 1 is 1.18 bits per heavy atom. The van der Waals surface area contributed by atoms with Crippen LogP contribution in [0.25, 0.3) is 0 Å². The zero-order valence-corrected chi connectivity index (χ0v) is 13.8. The van der Waals surface area contributed by atoms with E-state index in [1.54, 1.807) is 6.92 Å². The molecule has 1 rings (SSSR count). The van der Waals surface area contributed by atoms with Crippen LogP contribution in [0.3, 0.4) is 0 Å². The predicted octanol–water partition coefficient (Wildman–Crippen LogP) is 1.96. The number of carbonyl (C=O) groups excluding carboxylic acids is 2. The van der Waals surface area contributed by atoms with Gasteiger partial charge in [0, 0.05) is 12.6 Å². The molecule has 1 aromatic rings. The fourth-order valence-electron chi connectivity index (χ4n) is 2.01. The second kappa shape index (κ2) is 9.20. The van der Waals surface area contributed by atoms with Gasteiger partial charge in [0.2, 0.25) is 5.91 Å². The average Bonchev–Trinajstić information content (AvgIpc) is 2.49. The number of ether oxygens (including phenoxy) is 1. The van der Waals surface area contributed by atoms with Crippen LogP contribution >= 0.6 is 0 Å². The summed E-state index contributed by atoms with van der Waals surface area (Å²) in [7, 11) is 0. The van der Waals surface area contributed by atoms with Crippen LogP contribution < -0.4 is 5.32 Å². The molecule has 1 N–H and O–H groups in total. The van der Waals surface area contributed by atoms with Gasteiger partial charge in [-0.2, -0.15) is 0 Å². The molecule has 0 saturated carbocycles. The summed E-state index contributed by atoms with van der Waals surface area (Å²) in [5.41, 5.74) is 1.02. The van der Waals surface area contributed by atoms with E-state index in [9.17, 15) is 9.59 Å². The van der Waals surface area contributed by atoms with Crippen molar-refractivity contribution in [1.82, 2.24) is 10.2 Å². The van der Waals surface area contributed by atoms with Gasteiger partial charge in [0.15, 0.2) is 0 Å². The third-order valence-corrected chi connectivity index (χ3v) is 3.17. The molecule has 0 radical (unpaired) electrons. The minimum Gasteiger partial charge on any atom is -0.364 e. The number of benzene rings is 1. The molecule has 0 aliphatic rings. The normalized spacial score (nSPS) is 12.0. The van der Waals surface area contributed by atoms with Crippen LogP contribution in [-0.4, -0.2) is 41.9 Å². The summed E-state index contributed by atoms with van der Waals surface area (Å²) in [6, 6.07) is 9.76. The zero-order chi connectivity index (χ0) is 16.5. The third-order valence-electron chi connectivity index (χ3n) is 3.17. The van der Waals surface area contributed by atoms with Gasteiger partial charge in [-0.25, -0.2) is 0 Å². The Labute approximate surface area is 132 Å². The van der Waals surface area contributed by atoms with Gasteiger partial charge in [-0.3, -0.25) is 9.59 Å². The van der Waals surface area contributed by atoms with E-state index in [2.05, 4.69) is 5.32 Å². The van der Waals surface area contributed by atoms with Crippen molar-refractivity contribution in [2.24, 2.45) is 0 Å². The molecule has 0 spiro atoms. The lowest BCUT2D eigenvalue weighted by Crippen LogP contribution is -2.46. The molecule has 0 bridgehead atoms. The maximum Gasteiger partial charge on any atom is 0.251 e. The molecule has 0 heterocycles. The van der Waals surface area contributed by atoms with Gasteiger partial charge >= 0.3 is 0 Å². The summed E-state index contributed by atoms with van der Waals surface area (Å²) >= 11 is 0. The first kappa shape index (κ1) is 18.2. The first-order valence-electron chi connectivity index (χ1n) is 7.67. The van der Waals surface area contributed by atoms with Gasteiger partial charge in [-0.1, -0.05) is 30.3 Å². The van der Waals surface area contributed by atoms with E-state index in [4.69, 9.17) is 4.74 Å². The second-order valence-electron chi connectivity index (χ2n) is 5.51. The Balaban J connectivity index is 2.50. The van der Waals surface area contributed by atoms with E-state index in [1.165, 1.54) is 4.90 Å². The molecule has 2 amide bonds. The van der Waals surface area contributed by atoms with Gasteiger partial charge in [-0.15, -0.1) is 0 Å². The maximum atomic E-state index is 12.3. The summed E-state index contributed by atoms with van der Waals surface area (Å²) < 4.78 is 5.61. The highest BCUT2D eigenvalue weighted by Crippen LogP contribution is 2.06. The minimum atomic E-state index is -0.577. The fourth-order valence-corrected chi connectivity index (χ4v) is 2.01. The number of hydrogen-bond acceptors (Lipinski definition) is 3. The highest BCUT2D eigenvalue weighted by Gasteiger charge is 2.22. The van der Waals surface area contributed by atoms with Crippen LogP contribution in [0.15, 0.2) is 30.3 Å². The Bertz CT molecular complexity index is 474. The Hall–Kier alpha value is -1.88. The molecular formula is C17H26N2O3. The average molecular weight is 306 g/mol. The number of carbonyl (C=O) groups is 2. The quantitative estimate of drug-likeness (QED) is 0.799. The monoisotopic (exact) mass is 306 g/mol. The first-order valence-corrected chi connectivity index (χ1v) is 7.67. The van der Waals surface area contributed by atoms with Crippen LogP contribution in [0.4, 0.5) is 0 Å². The zero-order valence-electron chi connectivity index (χ0n) is 13.8. The van der Waals surface area contributed by atoms with Crippen molar-refractivity contribution in [3.05, 3.63) is 35.9 Å². The summed E-state index contributed by atoms with van der Waals surface area (Å²) in [5, 5.41) is 2.79. The molecule has 1 aromatic carbocycles. The van der Waals surface area contributed by atoms with Crippen LogP contribution in [0.2, 0.25) is 0 Å². The van der Waals surface area contributed by atoms with Crippen LogP contribution in [-0.2, 0) is 20.9 Å². The largest absolute Gasteiger partial charge is 0.364 e. The van der Waals surface area contributed by atoms with Crippen molar-refractivity contribution in [2.45, 2.75) is 46.4 Å². The van der Waals surface area contributed by atoms with Gasteiger partial charge in [0.05, 0.1) is 13.2 Å². The fraction of sp³-hybridized carbons (Fsp3) is 0.529. The molecule has 122 valence electrons. The van der Waals surface area contributed by atoms with Crippen molar-refractivity contribution in [1.29, 1.82) is 0 Å². The molecule has 0 saturated heterocycles. The molecule has 1 atom stereocenters. The molecule has 0 aliphatic heterocycles. The van der Waals surface area contributed by atoms with Crippen LogP contribution in [0.1, 0.15) is 33.3 Å². The van der Waals surface area contributed by atoms with Gasteiger partial charge in [0.25, 0.3) is 5.91 Å². The number of nitrogens with zero attached hydrogens (tertiary/aromatic N) is 1. The number of hydrogen-bond donors (Lipinski definition) is 1. The molecule has 5 nitrogen and oxygen atoms in total. The van der Waals surface area contributed by atoms with Gasteiger partial charge in [0.1, 0.15) is 6.10 Å². The lowest BCUT2D eigenvalue weighted by molar-refractivity contribution is -0.146. The predicted molar refractivity (Wildman–Crippen MR) is 86.2 cm³/mol. The maximum absolute atomic E-state index is 12.3. The summed E-state index contributed by atoms with van der Waals surface area (Å²) in [6.07, 6.45) is -0.577. The molecule has 5 heteroatoms. The SMILES string of the molecule is CCN(CC(=O)NC(C)C)C(=O)[C@@H](C)OCc1ccccc1. The summed E-state index contributed by atoms with van der Waals surface area (Å²) in [6.45, 7) is 8.27. The number of likely N-dealkylation sites (N-methyl/N-ethyl adjacent to an activating group) is 1. The van der Waals surface area contributed by atoms with Crippen molar-refractivity contribution in [3.8, 4) is 0 Å². The van der Waals surface area contributed by atoms with Crippen molar-refractivity contribution in [2.75, 3.05) is 13.1 Å². The van der Waals surface area contributed by atoms with Crippen LogP contribution in [0.5, 0.6) is 0 Å². The Kier molecular flexibility index (Phi) is 7.60. The Morgan fingerprint density at radius 2 is 1.82 bits per heavy atom. The second-order valence-corrected chi connectivity index (χ2v) is 5.51. The van der Waals surface area contributed by atoms with E-state index in [0.29, 0.717) is 13.2 Å². The van der Waals surface area contributed by atoms with Crippen LogP contribution in [0, 0.1) is 0 Å². The first-order chi connectivity index (χ1) is 10.4. The highest BCUT2D eigenvalue weighted by molar-refractivity contribution is 5.86. The molecule has 0 aliphatic carbocycles. The number of rotatable bonds is 8. The van der Waals surface area contributed by atoms with E-state index < -0.39 is 6.10 Å². The van der Waals surface area contributed by atoms with E-state index in [0.717, 1.165) is 5.56 Å². The van der Waals surface area contributed by atoms with E-state index in [1.807, 2.05) is 51.1 Å². The third kappa shape index (κ3) is 6.26. The highest BCUT2D eigenvalue weighted by atomic mass is 16.5. The van der Waals surface area contributed by atoms with Crippen molar-refractivity contribution < 1.29 is 14.3 Å². The molecule has 22 heavy (non-hydrogen) atoms. The van der Waals surface area contributed by atoms with E-state index in [-0.39, 0.29) is 24.4 Å². The topological polar surface area (TPSA) is 58.6 Å². The van der Waals surface area contributed by atoms with Crippen molar-refractivity contribution >= 4 is 11.8 Å². The Morgan fingerprint density at radius 3 is 2.36 bits per heavy atom. The van der Waals surface area contributed by atoms with Gasteiger partial charge in [-0.05, 0) is 33.3 Å². The molecular weight excluding hydrogens is 280 g/mol.